The summed E-state index contributed by atoms with van der Waals surface area (Å²) in [7, 11) is -4.13. The van der Waals surface area contributed by atoms with Crippen LogP contribution >= 0.6 is 0 Å². The molecule has 0 amide bonds. The number of alkyl halides is 3. The first kappa shape index (κ1) is 13.0. The van der Waals surface area contributed by atoms with Crippen LogP contribution in [0.1, 0.15) is 6.42 Å². The van der Waals surface area contributed by atoms with Crippen molar-refractivity contribution in [3.05, 3.63) is 36.5 Å². The zero-order valence-corrected chi connectivity index (χ0v) is 8.92. The molecule has 0 saturated heterocycles. The molecule has 1 unspecified atom stereocenters. The highest BCUT2D eigenvalue weighted by atomic mass is 32.2. The monoisotopic (exact) mass is 253 g/mol. The van der Waals surface area contributed by atoms with Crippen molar-refractivity contribution in [2.75, 3.05) is 0 Å². The number of halogens is 3. The van der Waals surface area contributed by atoms with Gasteiger partial charge in [-0.3, -0.25) is 0 Å². The number of primary sulfonamides is 1. The van der Waals surface area contributed by atoms with Crippen LogP contribution in [0.5, 0.6) is 0 Å². The topological polar surface area (TPSA) is 60.2 Å². The Morgan fingerprint density at radius 2 is 1.94 bits per heavy atom. The van der Waals surface area contributed by atoms with Crippen LogP contribution in [-0.2, 0) is 10.0 Å². The fourth-order valence-corrected chi connectivity index (χ4v) is 2.14. The van der Waals surface area contributed by atoms with Gasteiger partial charge in [0.1, 0.15) is 4.75 Å². The molecule has 0 bridgehead atoms. The van der Waals surface area contributed by atoms with Crippen LogP contribution in [0.15, 0.2) is 36.5 Å². The molecule has 1 rings (SSSR count). The normalized spacial score (nSPS) is 26.5. The number of rotatable bonds is 2. The van der Waals surface area contributed by atoms with E-state index in [0.717, 1.165) is 6.08 Å². The molecule has 1 atom stereocenters. The molecule has 0 radical (unpaired) electrons. The lowest BCUT2D eigenvalue weighted by atomic mass is 9.99. The zero-order valence-electron chi connectivity index (χ0n) is 8.11. The molecular formula is C9H10F3NO2S. The first-order chi connectivity index (χ1) is 7.16. The SMILES string of the molecule is NS(=O)(=O)C1(C=CC(F)(F)F)C=CC=CC1. The van der Waals surface area contributed by atoms with E-state index in [9.17, 15) is 21.6 Å². The van der Waals surface area contributed by atoms with Crippen LogP contribution in [0, 0.1) is 0 Å². The second kappa shape index (κ2) is 4.06. The van der Waals surface area contributed by atoms with Gasteiger partial charge in [-0.25, -0.2) is 13.6 Å². The lowest BCUT2D eigenvalue weighted by Crippen LogP contribution is -2.40. The maximum atomic E-state index is 12.0. The van der Waals surface area contributed by atoms with Crippen LogP contribution in [0.25, 0.3) is 0 Å². The highest BCUT2D eigenvalue weighted by molar-refractivity contribution is 7.90. The first-order valence-corrected chi connectivity index (χ1v) is 5.85. The molecule has 1 aliphatic rings. The maximum Gasteiger partial charge on any atom is 0.409 e. The minimum atomic E-state index is -4.56. The Morgan fingerprint density at radius 3 is 2.31 bits per heavy atom. The van der Waals surface area contributed by atoms with Crippen LogP contribution in [-0.4, -0.2) is 19.3 Å². The average Bonchev–Trinajstić information content (AvgIpc) is 2.13. The maximum absolute atomic E-state index is 12.0. The summed E-state index contributed by atoms with van der Waals surface area (Å²) >= 11 is 0. The Kier molecular flexibility index (Phi) is 3.30. The Labute approximate surface area is 91.2 Å². The number of hydrogen-bond donors (Lipinski definition) is 1. The summed E-state index contributed by atoms with van der Waals surface area (Å²) in [5, 5.41) is 4.94. The molecule has 3 nitrogen and oxygen atoms in total. The van der Waals surface area contributed by atoms with Gasteiger partial charge in [0.25, 0.3) is 0 Å². The van der Waals surface area contributed by atoms with E-state index in [-0.39, 0.29) is 12.5 Å². The minimum Gasteiger partial charge on any atom is -0.228 e. The third-order valence-corrected chi connectivity index (χ3v) is 3.64. The molecule has 0 fully saturated rings. The first-order valence-electron chi connectivity index (χ1n) is 4.30. The van der Waals surface area contributed by atoms with Gasteiger partial charge < -0.3 is 0 Å². The van der Waals surface area contributed by atoms with Gasteiger partial charge in [-0.1, -0.05) is 30.4 Å². The second-order valence-electron chi connectivity index (χ2n) is 3.37. The summed E-state index contributed by atoms with van der Waals surface area (Å²) in [6.07, 6.45) is 1.29. The van der Waals surface area contributed by atoms with Gasteiger partial charge in [0.05, 0.1) is 0 Å². The van der Waals surface area contributed by atoms with Crippen molar-refractivity contribution < 1.29 is 21.6 Å². The number of sulfonamides is 1. The number of allylic oxidation sites excluding steroid dienone is 4. The highest BCUT2D eigenvalue weighted by Gasteiger charge is 2.38. The van der Waals surface area contributed by atoms with E-state index in [1.54, 1.807) is 6.08 Å². The largest absolute Gasteiger partial charge is 0.409 e. The van der Waals surface area contributed by atoms with Gasteiger partial charge in [-0.05, 0) is 6.42 Å². The van der Waals surface area contributed by atoms with E-state index in [4.69, 9.17) is 5.14 Å². The predicted molar refractivity (Wildman–Crippen MR) is 53.9 cm³/mol. The molecule has 1 aliphatic carbocycles. The van der Waals surface area contributed by atoms with Crippen molar-refractivity contribution in [2.45, 2.75) is 17.3 Å². The molecular weight excluding hydrogens is 243 g/mol. The minimum absolute atomic E-state index is 0.102. The van der Waals surface area contributed by atoms with Gasteiger partial charge in [0, 0.05) is 6.08 Å². The molecule has 2 N–H and O–H groups in total. The lowest BCUT2D eigenvalue weighted by molar-refractivity contribution is -0.0801. The van der Waals surface area contributed by atoms with Gasteiger partial charge in [-0.2, -0.15) is 13.2 Å². The van der Waals surface area contributed by atoms with Crippen molar-refractivity contribution in [1.29, 1.82) is 0 Å². The molecule has 0 saturated carbocycles. The third kappa shape index (κ3) is 2.96. The molecule has 0 aromatic carbocycles. The summed E-state index contributed by atoms with van der Waals surface area (Å²) in [6, 6.07) is 0. The standard InChI is InChI=1S/C9H10F3NO2S/c10-9(11,12)7-6-8(16(13,14)15)4-2-1-3-5-8/h1-4,6-7H,5H2,(H2,13,14,15). The second-order valence-corrected chi connectivity index (χ2v) is 5.22. The average molecular weight is 253 g/mol. The predicted octanol–water partition coefficient (Wildman–Crippen LogP) is 1.65. The van der Waals surface area contributed by atoms with Gasteiger partial charge >= 0.3 is 6.18 Å². The van der Waals surface area contributed by atoms with E-state index in [2.05, 4.69) is 0 Å². The van der Waals surface area contributed by atoms with Crippen LogP contribution in [0.4, 0.5) is 13.2 Å². The van der Waals surface area contributed by atoms with Gasteiger partial charge in [0.15, 0.2) is 0 Å². The van der Waals surface area contributed by atoms with Crippen LogP contribution in [0.3, 0.4) is 0 Å². The van der Waals surface area contributed by atoms with E-state index < -0.39 is 20.9 Å². The Bertz CT molecular complexity index is 448. The van der Waals surface area contributed by atoms with Crippen LogP contribution < -0.4 is 5.14 Å². The Morgan fingerprint density at radius 1 is 1.31 bits per heavy atom. The molecule has 90 valence electrons. The summed E-state index contributed by atoms with van der Waals surface area (Å²) in [4.78, 5) is 0. The van der Waals surface area contributed by atoms with Gasteiger partial charge in [0.2, 0.25) is 10.0 Å². The molecule has 0 heterocycles. The number of hydrogen-bond acceptors (Lipinski definition) is 2. The fraction of sp³-hybridized carbons (Fsp3) is 0.333. The van der Waals surface area contributed by atoms with Crippen molar-refractivity contribution in [2.24, 2.45) is 5.14 Å². The molecule has 16 heavy (non-hydrogen) atoms. The highest BCUT2D eigenvalue weighted by Crippen LogP contribution is 2.29. The summed E-state index contributed by atoms with van der Waals surface area (Å²) in [6.45, 7) is 0. The molecule has 0 aliphatic heterocycles. The Balaban J connectivity index is 3.14. The summed E-state index contributed by atoms with van der Waals surface area (Å²) in [5.74, 6) is 0. The van der Waals surface area contributed by atoms with Crippen LogP contribution in [0.2, 0.25) is 0 Å². The lowest BCUT2D eigenvalue weighted by Gasteiger charge is -2.25. The van der Waals surface area contributed by atoms with Crippen molar-refractivity contribution in [3.8, 4) is 0 Å². The smallest absolute Gasteiger partial charge is 0.228 e. The fourth-order valence-electron chi connectivity index (χ4n) is 1.28. The molecule has 7 heteroatoms. The van der Waals surface area contributed by atoms with E-state index in [0.29, 0.717) is 6.08 Å². The number of nitrogens with two attached hydrogens (primary N) is 1. The summed E-state index contributed by atoms with van der Waals surface area (Å²) in [5.41, 5.74) is 0. The van der Waals surface area contributed by atoms with Crippen molar-refractivity contribution in [3.63, 3.8) is 0 Å². The molecule has 0 aromatic rings. The third-order valence-electron chi connectivity index (χ3n) is 2.15. The molecule has 0 spiro atoms. The molecule has 0 aromatic heterocycles. The van der Waals surface area contributed by atoms with E-state index in [1.165, 1.54) is 12.2 Å². The zero-order chi connectivity index (χ0) is 12.4. The summed E-state index contributed by atoms with van der Waals surface area (Å²) < 4.78 is 56.8. The van der Waals surface area contributed by atoms with Crippen molar-refractivity contribution >= 4 is 10.0 Å². The quantitative estimate of drug-likeness (QED) is 0.760. The van der Waals surface area contributed by atoms with E-state index in [1.807, 2.05) is 0 Å². The van der Waals surface area contributed by atoms with Gasteiger partial charge in [-0.15, -0.1) is 0 Å². The Hall–Kier alpha value is -1.08. The van der Waals surface area contributed by atoms with Crippen molar-refractivity contribution in [1.82, 2.24) is 0 Å². The van der Waals surface area contributed by atoms with E-state index >= 15 is 0 Å².